The minimum Gasteiger partial charge on any atom is -0.250 e. The van der Waals surface area contributed by atoms with Gasteiger partial charge in [-0.1, -0.05) is 78.0 Å². The number of thioether (sulfide) groups is 1. The number of anilines is 1. The van der Waals surface area contributed by atoms with Crippen molar-refractivity contribution in [1.82, 2.24) is 0 Å². The van der Waals surface area contributed by atoms with Crippen LogP contribution < -0.4 is 4.31 Å². The summed E-state index contributed by atoms with van der Waals surface area (Å²) in [5, 5.41) is 0.848. The van der Waals surface area contributed by atoms with Gasteiger partial charge in [0.05, 0.1) is 15.8 Å². The van der Waals surface area contributed by atoms with Gasteiger partial charge >= 0.3 is 0 Å². The molecule has 0 aliphatic carbocycles. The van der Waals surface area contributed by atoms with Crippen LogP contribution in [0.15, 0.2) is 88.8 Å². The van der Waals surface area contributed by atoms with Crippen molar-refractivity contribution < 1.29 is 8.42 Å². The van der Waals surface area contributed by atoms with E-state index in [4.69, 9.17) is 4.99 Å². The molecule has 2 atom stereocenters. The van der Waals surface area contributed by atoms with Gasteiger partial charge in [-0.2, -0.15) is 0 Å². The summed E-state index contributed by atoms with van der Waals surface area (Å²) in [6.45, 7) is 1.95. The maximum absolute atomic E-state index is 13.5. The van der Waals surface area contributed by atoms with Gasteiger partial charge in [0.15, 0.2) is 6.17 Å². The van der Waals surface area contributed by atoms with E-state index in [-0.39, 0.29) is 5.25 Å². The van der Waals surface area contributed by atoms with E-state index in [0.29, 0.717) is 4.90 Å². The molecule has 6 heteroatoms. The lowest BCUT2D eigenvalue weighted by molar-refractivity contribution is 0.582. The second-order valence-electron chi connectivity index (χ2n) is 6.93. The van der Waals surface area contributed by atoms with Crippen molar-refractivity contribution in [2.24, 2.45) is 4.99 Å². The van der Waals surface area contributed by atoms with Crippen LogP contribution in [0, 0.1) is 6.92 Å². The van der Waals surface area contributed by atoms with Crippen molar-refractivity contribution in [3.05, 3.63) is 95.6 Å². The molecule has 2 aliphatic heterocycles. The van der Waals surface area contributed by atoms with Crippen LogP contribution in [-0.4, -0.2) is 19.6 Å². The Morgan fingerprint density at radius 1 is 0.893 bits per heavy atom. The van der Waals surface area contributed by atoms with Crippen molar-refractivity contribution >= 4 is 32.5 Å². The lowest BCUT2D eigenvalue weighted by Gasteiger charge is -2.24. The molecule has 140 valence electrons. The molecule has 4 nitrogen and oxygen atoms in total. The SMILES string of the molecule is Cc1ccc(S(=O)(=O)N2c3ccccc3[C@@H]3SC(c4ccccc4)=N[C@@H]32)cc1. The van der Waals surface area contributed by atoms with Gasteiger partial charge in [-0.15, -0.1) is 0 Å². The van der Waals surface area contributed by atoms with E-state index in [0.717, 1.165) is 27.4 Å². The summed E-state index contributed by atoms with van der Waals surface area (Å²) in [5.41, 5.74) is 3.79. The summed E-state index contributed by atoms with van der Waals surface area (Å²) in [6.07, 6.45) is -0.469. The molecule has 0 saturated heterocycles. The number of fused-ring (bicyclic) bond motifs is 3. The number of sulfonamides is 1. The van der Waals surface area contributed by atoms with E-state index in [1.807, 2.05) is 73.7 Å². The molecule has 0 amide bonds. The zero-order valence-corrected chi connectivity index (χ0v) is 16.8. The first-order valence-electron chi connectivity index (χ1n) is 9.05. The average Bonchev–Trinajstić information content (AvgIpc) is 3.26. The second kappa shape index (κ2) is 6.50. The van der Waals surface area contributed by atoms with Crippen molar-refractivity contribution in [2.75, 3.05) is 4.31 Å². The van der Waals surface area contributed by atoms with Gasteiger partial charge in [-0.3, -0.25) is 4.99 Å². The molecule has 3 aromatic carbocycles. The van der Waals surface area contributed by atoms with Crippen LogP contribution in [0.2, 0.25) is 0 Å². The van der Waals surface area contributed by atoms with Crippen LogP contribution in [0.4, 0.5) is 5.69 Å². The highest BCUT2D eigenvalue weighted by Gasteiger charge is 2.48. The molecule has 0 bridgehead atoms. The summed E-state index contributed by atoms with van der Waals surface area (Å²) in [7, 11) is -3.72. The number of aliphatic imine (C=N–C) groups is 1. The molecule has 0 fully saturated rings. The number of aryl methyl sites for hydroxylation is 1. The molecular formula is C22H18N2O2S2. The first-order valence-corrected chi connectivity index (χ1v) is 11.4. The highest BCUT2D eigenvalue weighted by atomic mass is 32.2. The van der Waals surface area contributed by atoms with Gasteiger partial charge in [0.1, 0.15) is 5.04 Å². The van der Waals surface area contributed by atoms with Crippen molar-refractivity contribution in [3.63, 3.8) is 0 Å². The number of para-hydroxylation sites is 1. The van der Waals surface area contributed by atoms with Crippen LogP contribution >= 0.6 is 11.8 Å². The van der Waals surface area contributed by atoms with Gasteiger partial charge in [-0.05, 0) is 30.7 Å². The molecule has 0 radical (unpaired) electrons. The molecule has 2 heterocycles. The van der Waals surface area contributed by atoms with Crippen LogP contribution in [-0.2, 0) is 10.0 Å². The number of hydrogen-bond acceptors (Lipinski definition) is 4. The quantitative estimate of drug-likeness (QED) is 0.630. The molecular weight excluding hydrogens is 388 g/mol. The van der Waals surface area contributed by atoms with E-state index < -0.39 is 16.2 Å². The number of nitrogens with zero attached hydrogens (tertiary/aromatic N) is 2. The Morgan fingerprint density at radius 2 is 1.57 bits per heavy atom. The van der Waals surface area contributed by atoms with E-state index in [1.165, 1.54) is 4.31 Å². The molecule has 0 aromatic heterocycles. The van der Waals surface area contributed by atoms with E-state index in [9.17, 15) is 8.42 Å². The Morgan fingerprint density at radius 3 is 2.32 bits per heavy atom. The predicted octanol–water partition coefficient (Wildman–Crippen LogP) is 4.76. The molecule has 0 unspecified atom stereocenters. The summed E-state index contributed by atoms with van der Waals surface area (Å²) in [6, 6.07) is 24.7. The fourth-order valence-corrected chi connectivity index (χ4v) is 6.66. The number of hydrogen-bond donors (Lipinski definition) is 0. The van der Waals surface area contributed by atoms with E-state index >= 15 is 0 Å². The van der Waals surface area contributed by atoms with Crippen LogP contribution in [0.3, 0.4) is 0 Å². The molecule has 5 rings (SSSR count). The summed E-state index contributed by atoms with van der Waals surface area (Å²) >= 11 is 1.64. The summed E-state index contributed by atoms with van der Waals surface area (Å²) in [4.78, 5) is 5.15. The standard InChI is InChI=1S/C22H18N2O2S2/c1-15-11-13-17(14-12-15)28(25,26)24-19-10-6-5-9-18(19)20-21(24)23-22(27-20)16-7-3-2-4-8-16/h2-14,20-21H,1H3/t20-,21+/m0/s1. The van der Waals surface area contributed by atoms with Crippen LogP contribution in [0.25, 0.3) is 0 Å². The number of benzene rings is 3. The molecule has 0 spiro atoms. The van der Waals surface area contributed by atoms with Crippen molar-refractivity contribution in [2.45, 2.75) is 23.2 Å². The van der Waals surface area contributed by atoms with Crippen molar-refractivity contribution in [3.8, 4) is 0 Å². The Balaban J connectivity index is 1.63. The van der Waals surface area contributed by atoms with Gasteiger partial charge in [0.2, 0.25) is 0 Å². The Kier molecular flexibility index (Phi) is 4.07. The van der Waals surface area contributed by atoms with Crippen molar-refractivity contribution in [1.29, 1.82) is 0 Å². The fraction of sp³-hybridized carbons (Fsp3) is 0.136. The van der Waals surface area contributed by atoms with E-state index in [2.05, 4.69) is 0 Å². The highest BCUT2D eigenvalue weighted by molar-refractivity contribution is 8.15. The Bertz CT molecular complexity index is 1170. The molecule has 0 N–H and O–H groups in total. The predicted molar refractivity (Wildman–Crippen MR) is 114 cm³/mol. The van der Waals surface area contributed by atoms with Gasteiger partial charge in [0, 0.05) is 5.56 Å². The largest absolute Gasteiger partial charge is 0.266 e. The van der Waals surface area contributed by atoms with Gasteiger partial charge < -0.3 is 0 Å². The topological polar surface area (TPSA) is 49.7 Å². The molecule has 2 aliphatic rings. The summed E-state index contributed by atoms with van der Waals surface area (Å²) < 4.78 is 28.6. The third-order valence-electron chi connectivity index (χ3n) is 5.08. The molecule has 0 saturated carbocycles. The highest BCUT2D eigenvalue weighted by Crippen LogP contribution is 2.54. The third-order valence-corrected chi connectivity index (χ3v) is 8.19. The number of rotatable bonds is 3. The third kappa shape index (κ3) is 2.67. The first kappa shape index (κ1) is 17.5. The smallest absolute Gasteiger partial charge is 0.250 e. The van der Waals surface area contributed by atoms with E-state index in [1.54, 1.807) is 23.9 Å². The fourth-order valence-electron chi connectivity index (χ4n) is 3.69. The normalized spacial score (nSPS) is 20.6. The van der Waals surface area contributed by atoms with Gasteiger partial charge in [0.25, 0.3) is 10.0 Å². The first-order chi connectivity index (χ1) is 13.6. The van der Waals surface area contributed by atoms with Crippen LogP contribution in [0.5, 0.6) is 0 Å². The lowest BCUT2D eigenvalue weighted by atomic mass is 10.1. The monoisotopic (exact) mass is 406 g/mol. The maximum Gasteiger partial charge on any atom is 0.266 e. The zero-order valence-electron chi connectivity index (χ0n) is 15.2. The molecule has 3 aromatic rings. The Hall–Kier alpha value is -2.57. The minimum absolute atomic E-state index is 0.0355. The maximum atomic E-state index is 13.5. The zero-order chi connectivity index (χ0) is 19.3. The van der Waals surface area contributed by atoms with Gasteiger partial charge in [-0.25, -0.2) is 12.7 Å². The lowest BCUT2D eigenvalue weighted by Crippen LogP contribution is -2.36. The van der Waals surface area contributed by atoms with Crippen LogP contribution in [0.1, 0.15) is 21.9 Å². The second-order valence-corrected chi connectivity index (χ2v) is 9.87. The summed E-state index contributed by atoms with van der Waals surface area (Å²) in [5.74, 6) is 0. The minimum atomic E-state index is -3.72. The molecule has 28 heavy (non-hydrogen) atoms. The average molecular weight is 407 g/mol. The Labute approximate surface area is 169 Å².